The molecular weight excluding hydrogens is 422 g/mol. The first-order valence-electron chi connectivity index (χ1n) is 10.9. The van der Waals surface area contributed by atoms with Crippen molar-refractivity contribution in [2.24, 2.45) is 5.16 Å². The number of aliphatic carboxylic acids is 1. The van der Waals surface area contributed by atoms with Crippen LogP contribution in [0.3, 0.4) is 0 Å². The van der Waals surface area contributed by atoms with Gasteiger partial charge in [-0.1, -0.05) is 41.6 Å². The summed E-state index contributed by atoms with van der Waals surface area (Å²) in [7, 11) is 1.53. The minimum atomic E-state index is -0.825. The highest BCUT2D eigenvalue weighted by Gasteiger charge is 2.26. The summed E-state index contributed by atoms with van der Waals surface area (Å²) in [4.78, 5) is 16.0. The molecule has 7 nitrogen and oxygen atoms in total. The van der Waals surface area contributed by atoms with E-state index < -0.39 is 5.97 Å². The van der Waals surface area contributed by atoms with Crippen molar-refractivity contribution in [2.75, 3.05) is 20.3 Å². The largest absolute Gasteiger partial charge is 0.492 e. The molecule has 1 atom stereocenters. The van der Waals surface area contributed by atoms with E-state index in [1.54, 1.807) is 0 Å². The third-order valence-electron chi connectivity index (χ3n) is 5.52. The number of nitrogens with zero attached hydrogens (tertiary/aromatic N) is 1. The molecule has 0 amide bonds. The van der Waals surface area contributed by atoms with Crippen molar-refractivity contribution in [2.45, 2.75) is 31.8 Å². The Morgan fingerprint density at radius 1 is 1.12 bits per heavy atom. The molecule has 7 heteroatoms. The van der Waals surface area contributed by atoms with Crippen molar-refractivity contribution in [3.63, 3.8) is 0 Å². The molecular formula is C26H27NO6. The van der Waals surface area contributed by atoms with Gasteiger partial charge in [-0.3, -0.25) is 4.79 Å². The van der Waals surface area contributed by atoms with Crippen molar-refractivity contribution in [3.05, 3.63) is 77.4 Å². The average Bonchev–Trinajstić information content (AvgIpc) is 3.23. The van der Waals surface area contributed by atoms with Gasteiger partial charge in [0.15, 0.2) is 0 Å². The number of carboxylic acids is 1. The molecule has 2 aromatic carbocycles. The summed E-state index contributed by atoms with van der Waals surface area (Å²) in [6, 6.07) is 13.3. The second-order valence-corrected chi connectivity index (χ2v) is 7.89. The van der Waals surface area contributed by atoms with Crippen LogP contribution < -0.4 is 14.2 Å². The molecule has 0 saturated carbocycles. The number of carbonyl (C=O) groups is 1. The molecule has 0 spiro atoms. The van der Waals surface area contributed by atoms with Crippen molar-refractivity contribution >= 4 is 11.7 Å². The Morgan fingerprint density at radius 2 is 1.94 bits per heavy atom. The summed E-state index contributed by atoms with van der Waals surface area (Å²) in [6.45, 7) is 1.10. The quantitative estimate of drug-likeness (QED) is 0.411. The monoisotopic (exact) mass is 449 g/mol. The zero-order valence-corrected chi connectivity index (χ0v) is 18.5. The third-order valence-corrected chi connectivity index (χ3v) is 5.52. The summed E-state index contributed by atoms with van der Waals surface area (Å²) >= 11 is 0. The van der Waals surface area contributed by atoms with Crippen LogP contribution in [0.4, 0.5) is 0 Å². The Balaban J connectivity index is 1.30. The molecule has 0 bridgehead atoms. The molecule has 0 saturated heterocycles. The van der Waals surface area contributed by atoms with E-state index in [2.05, 4.69) is 17.3 Å². The van der Waals surface area contributed by atoms with Gasteiger partial charge in [0.05, 0.1) is 13.0 Å². The minimum Gasteiger partial charge on any atom is -0.492 e. The number of ether oxygens (including phenoxy) is 3. The lowest BCUT2D eigenvalue weighted by molar-refractivity contribution is -0.137. The molecule has 1 N–H and O–H groups in total. The fraction of sp³-hybridized carbons (Fsp3) is 0.308. The Hall–Kier alpha value is -3.74. The van der Waals surface area contributed by atoms with E-state index in [4.69, 9.17) is 24.2 Å². The highest BCUT2D eigenvalue weighted by molar-refractivity contribution is 6.03. The molecule has 0 aromatic heterocycles. The predicted octanol–water partition coefficient (Wildman–Crippen LogP) is 4.87. The van der Waals surface area contributed by atoms with E-state index in [9.17, 15) is 4.79 Å². The zero-order chi connectivity index (χ0) is 23.0. The van der Waals surface area contributed by atoms with E-state index in [1.165, 1.54) is 7.11 Å². The van der Waals surface area contributed by atoms with E-state index in [0.29, 0.717) is 31.3 Å². The average molecular weight is 450 g/mol. The lowest BCUT2D eigenvalue weighted by Crippen LogP contribution is -2.14. The van der Waals surface area contributed by atoms with Crippen LogP contribution in [-0.4, -0.2) is 37.1 Å². The second kappa shape index (κ2) is 10.7. The molecule has 1 aliphatic carbocycles. The summed E-state index contributed by atoms with van der Waals surface area (Å²) in [5, 5.41) is 13.1. The smallest absolute Gasteiger partial charge is 0.304 e. The fourth-order valence-corrected chi connectivity index (χ4v) is 3.83. The summed E-state index contributed by atoms with van der Waals surface area (Å²) < 4.78 is 17.4. The number of rotatable bonds is 10. The molecule has 172 valence electrons. The summed E-state index contributed by atoms with van der Waals surface area (Å²) in [5.74, 6) is 1.17. The van der Waals surface area contributed by atoms with Crippen molar-refractivity contribution in [1.82, 2.24) is 0 Å². The van der Waals surface area contributed by atoms with Crippen LogP contribution in [0.15, 0.2) is 71.4 Å². The number of fused-ring (bicyclic) bond motifs is 1. The lowest BCUT2D eigenvalue weighted by atomic mass is 9.98. The number of oxime groups is 1. The van der Waals surface area contributed by atoms with Crippen molar-refractivity contribution < 1.29 is 28.9 Å². The van der Waals surface area contributed by atoms with Gasteiger partial charge < -0.3 is 24.2 Å². The highest BCUT2D eigenvalue weighted by atomic mass is 16.6. The van der Waals surface area contributed by atoms with Crippen LogP contribution in [0.5, 0.6) is 17.2 Å². The van der Waals surface area contributed by atoms with Gasteiger partial charge in [-0.15, -0.1) is 0 Å². The first-order valence-corrected chi connectivity index (χ1v) is 10.9. The molecule has 1 unspecified atom stereocenters. The number of allylic oxidation sites excluding steroid dienone is 3. The third kappa shape index (κ3) is 5.94. The van der Waals surface area contributed by atoms with E-state index in [0.717, 1.165) is 41.0 Å². The maximum absolute atomic E-state index is 11.0. The van der Waals surface area contributed by atoms with Crippen molar-refractivity contribution in [1.29, 1.82) is 0 Å². The zero-order valence-electron chi connectivity index (χ0n) is 18.5. The van der Waals surface area contributed by atoms with Gasteiger partial charge in [0.2, 0.25) is 0 Å². The SMILES string of the molecule is CO/N=C(\COc1ccc(COc2ccc3c(c2)OCC3CC(=O)O)cc1)C1=CCCC=C1. The summed E-state index contributed by atoms with van der Waals surface area (Å²) in [5.41, 5.74) is 3.70. The van der Waals surface area contributed by atoms with Gasteiger partial charge in [-0.05, 0) is 42.2 Å². The number of benzene rings is 2. The van der Waals surface area contributed by atoms with E-state index in [1.807, 2.05) is 48.5 Å². The number of hydrogen-bond acceptors (Lipinski definition) is 6. The number of carboxylic acid groups (broad SMARTS) is 1. The molecule has 2 aliphatic rings. The maximum atomic E-state index is 11.0. The van der Waals surface area contributed by atoms with Gasteiger partial charge in [0.25, 0.3) is 0 Å². The van der Waals surface area contributed by atoms with Gasteiger partial charge in [0, 0.05) is 17.5 Å². The molecule has 2 aromatic rings. The molecule has 0 radical (unpaired) electrons. The van der Waals surface area contributed by atoms with E-state index >= 15 is 0 Å². The van der Waals surface area contributed by atoms with Gasteiger partial charge in [0.1, 0.15) is 43.3 Å². The molecule has 33 heavy (non-hydrogen) atoms. The van der Waals surface area contributed by atoms with Crippen LogP contribution >= 0.6 is 0 Å². The molecule has 1 aliphatic heterocycles. The summed E-state index contributed by atoms with van der Waals surface area (Å²) in [6.07, 6.45) is 8.39. The van der Waals surface area contributed by atoms with Gasteiger partial charge in [-0.25, -0.2) is 0 Å². The normalized spacial score (nSPS) is 17.1. The Morgan fingerprint density at radius 3 is 2.67 bits per heavy atom. The maximum Gasteiger partial charge on any atom is 0.304 e. The van der Waals surface area contributed by atoms with Crippen LogP contribution in [0.25, 0.3) is 0 Å². The van der Waals surface area contributed by atoms with Crippen LogP contribution in [0, 0.1) is 0 Å². The highest BCUT2D eigenvalue weighted by Crippen LogP contribution is 2.38. The van der Waals surface area contributed by atoms with Crippen LogP contribution in [0.2, 0.25) is 0 Å². The molecule has 4 rings (SSSR count). The first kappa shape index (κ1) is 22.5. The van der Waals surface area contributed by atoms with Gasteiger partial charge >= 0.3 is 5.97 Å². The first-order chi connectivity index (χ1) is 16.1. The minimum absolute atomic E-state index is 0.0642. The lowest BCUT2D eigenvalue weighted by Gasteiger charge is -2.12. The fourth-order valence-electron chi connectivity index (χ4n) is 3.83. The van der Waals surface area contributed by atoms with E-state index in [-0.39, 0.29) is 12.3 Å². The topological polar surface area (TPSA) is 86.6 Å². The second-order valence-electron chi connectivity index (χ2n) is 7.89. The van der Waals surface area contributed by atoms with Gasteiger partial charge in [-0.2, -0.15) is 0 Å². The molecule has 0 fully saturated rings. The van der Waals surface area contributed by atoms with Crippen LogP contribution in [-0.2, 0) is 16.2 Å². The predicted molar refractivity (Wildman–Crippen MR) is 124 cm³/mol. The van der Waals surface area contributed by atoms with Crippen molar-refractivity contribution in [3.8, 4) is 17.2 Å². The molecule has 1 heterocycles. The Labute approximate surface area is 192 Å². The Kier molecular flexibility index (Phi) is 7.29. The standard InChI is InChI=1S/C26H27NO6/c1-30-27-24(19-5-3-2-4-6-19)17-32-21-9-7-18(8-10-21)15-31-22-11-12-23-20(13-26(28)29)16-33-25(23)14-22/h3,5-12,14,20H,2,4,13,15-17H2,1H3,(H,28,29)/b27-24+. The number of hydrogen-bond donors (Lipinski definition) is 1. The van der Waals surface area contributed by atoms with Crippen LogP contribution in [0.1, 0.15) is 36.3 Å². The Bertz CT molecular complexity index is 1070.